The lowest BCUT2D eigenvalue weighted by atomic mass is 10.3. The van der Waals surface area contributed by atoms with Crippen LogP contribution in [-0.2, 0) is 0 Å². The van der Waals surface area contributed by atoms with Crippen molar-refractivity contribution in [3.05, 3.63) is 29.0 Å². The van der Waals surface area contributed by atoms with E-state index in [1.807, 2.05) is 0 Å². The third-order valence-corrected chi connectivity index (χ3v) is 2.17. The van der Waals surface area contributed by atoms with E-state index in [-0.39, 0.29) is 10.7 Å². The molecule has 0 N–H and O–H groups in total. The topological polar surface area (TPSA) is 20.3 Å². The smallest absolute Gasteiger partial charge is 0.282 e. The summed E-state index contributed by atoms with van der Waals surface area (Å²) in [4.78, 5) is 11.9. The van der Waals surface area contributed by atoms with E-state index in [4.69, 9.17) is 11.6 Å². The lowest BCUT2D eigenvalue weighted by Crippen LogP contribution is -2.20. The van der Waals surface area contributed by atoms with Gasteiger partial charge in [0.05, 0.1) is 10.7 Å². The summed E-state index contributed by atoms with van der Waals surface area (Å²) < 4.78 is 13.3. The number of carbonyl (C=O) groups excluding carboxylic acids is 1. The SMILES string of the molecule is CN(C(=O)S)c1cccc(Cl)c1F. The van der Waals surface area contributed by atoms with Crippen LogP contribution in [0.1, 0.15) is 0 Å². The second-order valence-corrected chi connectivity index (χ2v) is 3.20. The summed E-state index contributed by atoms with van der Waals surface area (Å²) in [6.07, 6.45) is 0. The van der Waals surface area contributed by atoms with Gasteiger partial charge in [-0.3, -0.25) is 4.79 Å². The Morgan fingerprint density at radius 1 is 1.62 bits per heavy atom. The highest BCUT2D eigenvalue weighted by Crippen LogP contribution is 2.25. The molecule has 0 unspecified atom stereocenters. The molecule has 1 aromatic rings. The Hall–Kier alpha value is -0.740. The van der Waals surface area contributed by atoms with Crippen molar-refractivity contribution in [2.45, 2.75) is 0 Å². The van der Waals surface area contributed by atoms with E-state index in [2.05, 4.69) is 12.6 Å². The number of carbonyl (C=O) groups is 1. The minimum absolute atomic E-state index is 0.0149. The fraction of sp³-hybridized carbons (Fsp3) is 0.125. The highest BCUT2D eigenvalue weighted by Gasteiger charge is 2.13. The predicted molar refractivity (Wildman–Crippen MR) is 54.2 cm³/mol. The third-order valence-electron chi connectivity index (χ3n) is 1.58. The summed E-state index contributed by atoms with van der Waals surface area (Å²) >= 11 is 9.09. The van der Waals surface area contributed by atoms with Gasteiger partial charge in [-0.2, -0.15) is 0 Å². The zero-order chi connectivity index (χ0) is 10.0. The Morgan fingerprint density at radius 2 is 2.23 bits per heavy atom. The van der Waals surface area contributed by atoms with Gasteiger partial charge in [0, 0.05) is 7.05 Å². The molecule has 0 saturated heterocycles. The number of hydrogen-bond donors (Lipinski definition) is 1. The average Bonchev–Trinajstić information content (AvgIpc) is 2.08. The molecule has 1 aromatic carbocycles. The van der Waals surface area contributed by atoms with Gasteiger partial charge in [-0.15, -0.1) is 0 Å². The molecule has 0 aliphatic carbocycles. The first-order valence-electron chi connectivity index (χ1n) is 3.44. The van der Waals surface area contributed by atoms with E-state index in [0.29, 0.717) is 0 Å². The lowest BCUT2D eigenvalue weighted by Gasteiger charge is -2.14. The van der Waals surface area contributed by atoms with Gasteiger partial charge in [0.25, 0.3) is 5.24 Å². The van der Waals surface area contributed by atoms with Crippen LogP contribution in [-0.4, -0.2) is 12.3 Å². The fourth-order valence-corrected chi connectivity index (χ4v) is 1.13. The van der Waals surface area contributed by atoms with E-state index in [9.17, 15) is 9.18 Å². The number of halogens is 2. The summed E-state index contributed by atoms with van der Waals surface area (Å²) in [5.74, 6) is -0.617. The molecular formula is C8H7ClFNOS. The van der Waals surface area contributed by atoms with Crippen molar-refractivity contribution in [2.24, 2.45) is 0 Å². The van der Waals surface area contributed by atoms with Gasteiger partial charge >= 0.3 is 0 Å². The van der Waals surface area contributed by atoms with Gasteiger partial charge in [-0.05, 0) is 12.1 Å². The Labute approximate surface area is 85.7 Å². The van der Waals surface area contributed by atoms with Crippen LogP contribution in [0.5, 0.6) is 0 Å². The summed E-state index contributed by atoms with van der Waals surface area (Å²) in [5, 5.41) is -0.555. The van der Waals surface area contributed by atoms with Crippen molar-refractivity contribution in [1.29, 1.82) is 0 Å². The molecule has 0 heterocycles. The first-order valence-corrected chi connectivity index (χ1v) is 4.27. The minimum Gasteiger partial charge on any atom is -0.304 e. The molecule has 1 amide bonds. The quantitative estimate of drug-likeness (QED) is 0.720. The Bertz CT molecular complexity index is 345. The predicted octanol–water partition coefficient (Wildman–Crippen LogP) is 2.97. The first kappa shape index (κ1) is 10.3. The zero-order valence-corrected chi connectivity index (χ0v) is 8.44. The summed E-state index contributed by atoms with van der Waals surface area (Å²) in [7, 11) is 1.42. The van der Waals surface area contributed by atoms with Crippen LogP contribution in [0.15, 0.2) is 18.2 Å². The van der Waals surface area contributed by atoms with Gasteiger partial charge in [-0.1, -0.05) is 30.3 Å². The van der Waals surface area contributed by atoms with E-state index >= 15 is 0 Å². The molecule has 0 radical (unpaired) electrons. The second kappa shape index (κ2) is 3.98. The number of hydrogen-bond acceptors (Lipinski definition) is 1. The number of nitrogens with zero attached hydrogens (tertiary/aromatic N) is 1. The molecule has 0 aromatic heterocycles. The number of anilines is 1. The lowest BCUT2D eigenvalue weighted by molar-refractivity contribution is 0.266. The van der Waals surface area contributed by atoms with Crippen molar-refractivity contribution in [1.82, 2.24) is 0 Å². The minimum atomic E-state index is -0.617. The summed E-state index contributed by atoms with van der Waals surface area (Å²) in [6, 6.07) is 4.43. The maximum absolute atomic E-state index is 13.3. The standard InChI is InChI=1S/C8H7ClFNOS/c1-11(8(12)13)6-4-2-3-5(9)7(6)10/h2-4H,1H3,(H,12,13). The molecule has 0 spiro atoms. The Morgan fingerprint density at radius 3 is 2.77 bits per heavy atom. The zero-order valence-electron chi connectivity index (χ0n) is 6.79. The fourth-order valence-electron chi connectivity index (χ4n) is 0.854. The second-order valence-electron chi connectivity index (χ2n) is 2.41. The van der Waals surface area contributed by atoms with Gasteiger partial charge in [0.1, 0.15) is 0 Å². The Kier molecular flexibility index (Phi) is 3.17. The molecule has 5 heteroatoms. The van der Waals surface area contributed by atoms with Crippen molar-refractivity contribution >= 4 is 35.2 Å². The molecule has 2 nitrogen and oxygen atoms in total. The third kappa shape index (κ3) is 2.14. The van der Waals surface area contributed by atoms with E-state index < -0.39 is 11.1 Å². The van der Waals surface area contributed by atoms with Crippen LogP contribution >= 0.6 is 24.2 Å². The van der Waals surface area contributed by atoms with E-state index in [1.165, 1.54) is 19.2 Å². The van der Waals surface area contributed by atoms with Gasteiger partial charge < -0.3 is 4.90 Å². The Balaban J connectivity index is 3.15. The molecule has 0 aliphatic rings. The highest BCUT2D eigenvalue weighted by atomic mass is 35.5. The summed E-state index contributed by atoms with van der Waals surface area (Å²) in [5.41, 5.74) is 0.118. The molecule has 13 heavy (non-hydrogen) atoms. The molecule has 0 atom stereocenters. The number of amides is 1. The van der Waals surface area contributed by atoms with Crippen LogP contribution in [0.2, 0.25) is 5.02 Å². The van der Waals surface area contributed by atoms with Crippen molar-refractivity contribution in [3.8, 4) is 0 Å². The highest BCUT2D eigenvalue weighted by molar-refractivity contribution is 7.96. The van der Waals surface area contributed by atoms with Crippen molar-refractivity contribution in [2.75, 3.05) is 11.9 Å². The van der Waals surface area contributed by atoms with Crippen molar-refractivity contribution in [3.63, 3.8) is 0 Å². The molecule has 0 fully saturated rings. The molecule has 70 valence electrons. The van der Waals surface area contributed by atoms with Crippen LogP contribution in [0.3, 0.4) is 0 Å². The van der Waals surface area contributed by atoms with E-state index in [0.717, 1.165) is 4.90 Å². The van der Waals surface area contributed by atoms with Crippen LogP contribution < -0.4 is 4.90 Å². The maximum atomic E-state index is 13.3. The van der Waals surface area contributed by atoms with Crippen LogP contribution in [0.4, 0.5) is 14.9 Å². The monoisotopic (exact) mass is 219 g/mol. The molecular weight excluding hydrogens is 213 g/mol. The molecule has 0 bridgehead atoms. The van der Waals surface area contributed by atoms with Crippen molar-refractivity contribution < 1.29 is 9.18 Å². The largest absolute Gasteiger partial charge is 0.304 e. The molecule has 0 aliphatic heterocycles. The molecule has 1 rings (SSSR count). The normalized spacial score (nSPS) is 9.85. The number of rotatable bonds is 1. The van der Waals surface area contributed by atoms with Crippen LogP contribution in [0, 0.1) is 5.82 Å². The van der Waals surface area contributed by atoms with Gasteiger partial charge in [0.2, 0.25) is 0 Å². The maximum Gasteiger partial charge on any atom is 0.282 e. The van der Waals surface area contributed by atoms with E-state index in [1.54, 1.807) is 6.07 Å². The first-order chi connectivity index (χ1) is 6.04. The van der Waals surface area contributed by atoms with Gasteiger partial charge in [0.15, 0.2) is 5.82 Å². The molecule has 0 saturated carbocycles. The summed E-state index contributed by atoms with van der Waals surface area (Å²) in [6.45, 7) is 0. The van der Waals surface area contributed by atoms with Crippen LogP contribution in [0.25, 0.3) is 0 Å². The number of thiol groups is 1. The number of benzene rings is 1. The van der Waals surface area contributed by atoms with Gasteiger partial charge in [-0.25, -0.2) is 4.39 Å². The average molecular weight is 220 g/mol.